The van der Waals surface area contributed by atoms with Gasteiger partial charge in [-0.15, -0.1) is 6.58 Å². The molecule has 0 radical (unpaired) electrons. The van der Waals surface area contributed by atoms with Gasteiger partial charge in [0, 0.05) is 43.4 Å². The molecular weight excluding hydrogens is 598 g/mol. The van der Waals surface area contributed by atoms with E-state index in [-0.39, 0.29) is 64.2 Å². The lowest BCUT2D eigenvalue weighted by atomic mass is 9.72. The van der Waals surface area contributed by atoms with Gasteiger partial charge in [-0.05, 0) is 101 Å². The molecule has 3 aliphatic carbocycles. The summed E-state index contributed by atoms with van der Waals surface area (Å²) in [6.45, 7) is 24.6. The molecule has 6 atom stereocenters. The Hall–Kier alpha value is -2.24. The lowest BCUT2D eigenvalue weighted by molar-refractivity contribution is -0.137. The Morgan fingerprint density at radius 3 is 2.15 bits per heavy atom. The van der Waals surface area contributed by atoms with Crippen LogP contribution >= 0.6 is 0 Å². The molecule has 0 amide bonds. The van der Waals surface area contributed by atoms with Crippen LogP contribution in [0.2, 0.25) is 0 Å². The van der Waals surface area contributed by atoms with Gasteiger partial charge in [-0.2, -0.15) is 0 Å². The van der Waals surface area contributed by atoms with Gasteiger partial charge in [0.05, 0.1) is 6.04 Å². The average Bonchev–Trinajstić information content (AvgIpc) is 3.29. The van der Waals surface area contributed by atoms with Crippen LogP contribution in [0.3, 0.4) is 0 Å². The number of allylic oxidation sites excluding steroid dienone is 1. The van der Waals surface area contributed by atoms with Crippen molar-refractivity contribution in [1.29, 1.82) is 0 Å². The molecule has 0 bridgehead atoms. The quantitative estimate of drug-likeness (QED) is 0.0745. The van der Waals surface area contributed by atoms with Gasteiger partial charge >= 0.3 is 0 Å². The topological polar surface area (TPSA) is 89.5 Å². The number of unbranched alkanes of at least 4 members (excludes halogenated alkanes) is 3. The van der Waals surface area contributed by atoms with Crippen LogP contribution < -0.4 is 5.32 Å². The van der Waals surface area contributed by atoms with Crippen molar-refractivity contribution in [1.82, 2.24) is 5.32 Å². The van der Waals surface area contributed by atoms with Gasteiger partial charge in [-0.3, -0.25) is 19.2 Å². The van der Waals surface area contributed by atoms with Gasteiger partial charge in [-0.1, -0.05) is 72.8 Å². The lowest BCUT2D eigenvalue weighted by Gasteiger charge is -2.36. The van der Waals surface area contributed by atoms with E-state index in [1.54, 1.807) is 0 Å². The van der Waals surface area contributed by atoms with E-state index >= 15 is 0 Å². The third-order valence-electron chi connectivity index (χ3n) is 11.4. The van der Waals surface area contributed by atoms with Crippen LogP contribution in [0.4, 0.5) is 0 Å². The molecule has 6 heteroatoms. The fourth-order valence-electron chi connectivity index (χ4n) is 8.96. The molecule has 0 spiro atoms. The zero-order valence-electron chi connectivity index (χ0n) is 31.9. The smallest absolute Gasteiger partial charge is 0.180 e. The Balaban J connectivity index is 1.67. The van der Waals surface area contributed by atoms with E-state index in [1.165, 1.54) is 6.42 Å². The first-order valence-corrected chi connectivity index (χ1v) is 19.2. The third kappa shape index (κ3) is 11.7. The van der Waals surface area contributed by atoms with Gasteiger partial charge in [0.2, 0.25) is 0 Å². The number of fused-ring (bicyclic) bond motifs is 1. The molecule has 0 saturated heterocycles. The summed E-state index contributed by atoms with van der Waals surface area (Å²) in [6.07, 6.45) is 14.6. The Morgan fingerprint density at radius 1 is 0.938 bits per heavy atom. The highest BCUT2D eigenvalue weighted by molar-refractivity contribution is 5.96. The van der Waals surface area contributed by atoms with E-state index in [9.17, 15) is 19.2 Å². The zero-order valence-corrected chi connectivity index (χ0v) is 31.9. The van der Waals surface area contributed by atoms with Crippen molar-refractivity contribution in [2.24, 2.45) is 46.3 Å². The van der Waals surface area contributed by atoms with Crippen molar-refractivity contribution in [3.63, 3.8) is 0 Å². The summed E-state index contributed by atoms with van der Waals surface area (Å²) >= 11 is 0. The molecule has 0 aromatic heterocycles. The first-order chi connectivity index (χ1) is 22.4. The number of hydrogen-bond donors (Lipinski definition) is 1. The third-order valence-corrected chi connectivity index (χ3v) is 11.4. The van der Waals surface area contributed by atoms with Gasteiger partial charge in [0.25, 0.3) is 0 Å². The van der Waals surface area contributed by atoms with Crippen LogP contribution in [0.5, 0.6) is 0 Å². The standard InChI is InChI=1S/C42H69NO5/c1-11-12-20-30(34(45)24-19-14-13-18-23-31(44)27-40(3,4)5)25-35(46)36-32(26-33-37(36)42(33,9)10)39(47)38(29-21-16-15-17-22-29)43-28(2)48-41(6,7)8/h11,29-30,32-33,36-38,43H,1-2,12-27H2,3-10H3/t30?,32?,33?,36?,37?,38-/m0/s1. The highest BCUT2D eigenvalue weighted by Crippen LogP contribution is 2.71. The largest absolute Gasteiger partial charge is 0.474 e. The van der Waals surface area contributed by atoms with Gasteiger partial charge in [0.1, 0.15) is 23.0 Å². The molecule has 6 nitrogen and oxygen atoms in total. The summed E-state index contributed by atoms with van der Waals surface area (Å²) in [5.41, 5.74) is -0.369. The fraction of sp³-hybridized carbons (Fsp3) is 0.810. The zero-order chi connectivity index (χ0) is 35.9. The van der Waals surface area contributed by atoms with Crippen molar-refractivity contribution in [3.05, 3.63) is 25.1 Å². The molecule has 1 N–H and O–H groups in total. The highest BCUT2D eigenvalue weighted by atomic mass is 16.5. The molecule has 0 aliphatic heterocycles. The Labute approximate surface area is 293 Å². The Bertz CT molecular complexity index is 1150. The van der Waals surface area contributed by atoms with Gasteiger partial charge in [-0.25, -0.2) is 0 Å². The lowest BCUT2D eigenvalue weighted by Crippen LogP contribution is -2.49. The normalized spacial score (nSPS) is 25.0. The van der Waals surface area contributed by atoms with Gasteiger partial charge < -0.3 is 10.1 Å². The van der Waals surface area contributed by atoms with E-state index in [0.717, 1.165) is 57.8 Å². The Morgan fingerprint density at radius 2 is 1.56 bits per heavy atom. The summed E-state index contributed by atoms with van der Waals surface area (Å²) in [7, 11) is 0. The first kappa shape index (κ1) is 40.2. The summed E-state index contributed by atoms with van der Waals surface area (Å²) < 4.78 is 6.02. The second-order valence-corrected chi connectivity index (χ2v) is 18.3. The molecule has 5 unspecified atom stereocenters. The summed E-state index contributed by atoms with van der Waals surface area (Å²) in [5, 5.41) is 3.41. The maximum absolute atomic E-state index is 14.6. The molecular formula is C42H69NO5. The molecule has 3 aliphatic rings. The van der Waals surface area contributed by atoms with Crippen molar-refractivity contribution in [2.75, 3.05) is 0 Å². The van der Waals surface area contributed by atoms with Crippen LogP contribution in [0, 0.1) is 46.3 Å². The van der Waals surface area contributed by atoms with Crippen LogP contribution in [0.25, 0.3) is 0 Å². The molecule has 0 heterocycles. The first-order valence-electron chi connectivity index (χ1n) is 19.2. The van der Waals surface area contributed by atoms with E-state index in [4.69, 9.17) is 4.74 Å². The minimum Gasteiger partial charge on any atom is -0.474 e. The summed E-state index contributed by atoms with van der Waals surface area (Å²) in [4.78, 5) is 54.6. The van der Waals surface area contributed by atoms with Crippen LogP contribution in [0.1, 0.15) is 158 Å². The monoisotopic (exact) mass is 668 g/mol. The minimum atomic E-state index is -0.431. The molecule has 3 fully saturated rings. The van der Waals surface area contributed by atoms with Crippen molar-refractivity contribution < 1.29 is 23.9 Å². The number of hydrogen-bond acceptors (Lipinski definition) is 6. The van der Waals surface area contributed by atoms with Crippen molar-refractivity contribution in [2.45, 2.75) is 170 Å². The predicted molar refractivity (Wildman–Crippen MR) is 195 cm³/mol. The molecule has 0 aromatic rings. The number of Topliss-reactive ketones (excluding diaryl/α,β-unsaturated/α-hetero) is 4. The number of nitrogens with one attached hydrogen (secondary N) is 1. The second-order valence-electron chi connectivity index (χ2n) is 18.3. The molecule has 272 valence electrons. The molecule has 3 rings (SSSR count). The fourth-order valence-corrected chi connectivity index (χ4v) is 8.96. The van der Waals surface area contributed by atoms with E-state index in [0.29, 0.717) is 49.7 Å². The number of rotatable bonds is 21. The second kappa shape index (κ2) is 17.1. The Kier molecular flexibility index (Phi) is 14.3. The molecule has 3 saturated carbocycles. The van der Waals surface area contributed by atoms with Crippen LogP contribution in [0.15, 0.2) is 25.1 Å². The molecule has 0 aromatic carbocycles. The van der Waals surface area contributed by atoms with E-state index in [1.807, 2.05) is 26.8 Å². The van der Waals surface area contributed by atoms with Crippen LogP contribution in [-0.4, -0.2) is 34.8 Å². The van der Waals surface area contributed by atoms with Crippen LogP contribution in [-0.2, 0) is 23.9 Å². The minimum absolute atomic E-state index is 0.0213. The van der Waals surface area contributed by atoms with E-state index < -0.39 is 11.6 Å². The van der Waals surface area contributed by atoms with Crippen molar-refractivity contribution >= 4 is 23.1 Å². The number of carbonyl (C=O) groups is 4. The maximum atomic E-state index is 14.6. The predicted octanol–water partition coefficient (Wildman–Crippen LogP) is 9.75. The van der Waals surface area contributed by atoms with E-state index in [2.05, 4.69) is 53.1 Å². The SMILES string of the molecule is C=CCCC(CC(=O)C1C(C(=O)[C@@H](NC(=C)OC(C)(C)C)C2CCCCC2)CC2C1C2(C)C)C(=O)CCCCCCC(=O)CC(C)(C)C. The van der Waals surface area contributed by atoms with Gasteiger partial charge in [0.15, 0.2) is 11.7 Å². The number of carbonyl (C=O) groups excluding carboxylic acids is 4. The summed E-state index contributed by atoms with van der Waals surface area (Å²) in [6, 6.07) is -0.414. The maximum Gasteiger partial charge on any atom is 0.180 e. The molecule has 48 heavy (non-hydrogen) atoms. The highest BCUT2D eigenvalue weighted by Gasteiger charge is 2.69. The average molecular weight is 668 g/mol. The number of ketones is 4. The number of ether oxygens (including phenoxy) is 1. The van der Waals surface area contributed by atoms with Crippen molar-refractivity contribution in [3.8, 4) is 0 Å². The summed E-state index contributed by atoms with van der Waals surface area (Å²) in [5.74, 6) is 0.855.